The second-order valence-electron chi connectivity index (χ2n) is 3.67. The Bertz CT molecular complexity index is 731. The van der Waals surface area contributed by atoms with Gasteiger partial charge < -0.3 is 0 Å². The summed E-state index contributed by atoms with van der Waals surface area (Å²) < 4.78 is 0. The molecule has 16 heavy (non-hydrogen) atoms. The van der Waals surface area contributed by atoms with Crippen LogP contribution in [0.3, 0.4) is 0 Å². The standard InChI is InChI=1S/C12H6N4/c1-3-13-9-7-2-4-14-10(7)12-11(8(1)9)15-5-6-16-12/h1-6H. The minimum atomic E-state index is 0.850. The maximum Gasteiger partial charge on any atom is 0.116 e. The van der Waals surface area contributed by atoms with E-state index < -0.39 is 0 Å². The third kappa shape index (κ3) is 0.798. The molecule has 0 atom stereocenters. The number of rotatable bonds is 0. The molecule has 0 N–H and O–H groups in total. The van der Waals surface area contributed by atoms with Gasteiger partial charge in [-0.1, -0.05) is 0 Å². The van der Waals surface area contributed by atoms with E-state index in [4.69, 9.17) is 0 Å². The van der Waals surface area contributed by atoms with Crippen LogP contribution in [0.1, 0.15) is 5.56 Å². The molecular weight excluding hydrogens is 200 g/mol. The summed E-state index contributed by atoms with van der Waals surface area (Å²) in [5.74, 6) is 0. The summed E-state index contributed by atoms with van der Waals surface area (Å²) in [6.07, 6.45) is 10.9. The molecule has 3 heterocycles. The van der Waals surface area contributed by atoms with Crippen molar-refractivity contribution in [1.82, 2.24) is 9.97 Å². The van der Waals surface area contributed by atoms with Crippen LogP contribution in [-0.4, -0.2) is 16.2 Å². The topological polar surface area (TPSA) is 50.5 Å². The van der Waals surface area contributed by atoms with E-state index in [1.165, 1.54) is 0 Å². The Balaban J connectivity index is 2.43. The lowest BCUT2D eigenvalue weighted by atomic mass is 10.1. The van der Waals surface area contributed by atoms with Gasteiger partial charge in [0.1, 0.15) is 16.4 Å². The predicted octanol–water partition coefficient (Wildman–Crippen LogP) is 0.730. The van der Waals surface area contributed by atoms with Crippen LogP contribution >= 0.6 is 0 Å². The zero-order valence-electron chi connectivity index (χ0n) is 8.25. The zero-order valence-corrected chi connectivity index (χ0v) is 8.25. The molecule has 0 fully saturated rings. The quantitative estimate of drug-likeness (QED) is 0.638. The normalized spacial score (nSPS) is 14.8. The van der Waals surface area contributed by atoms with Crippen molar-refractivity contribution < 1.29 is 0 Å². The molecule has 4 rings (SSSR count). The van der Waals surface area contributed by atoms with Gasteiger partial charge in [0.05, 0.1) is 5.69 Å². The summed E-state index contributed by atoms with van der Waals surface area (Å²) >= 11 is 0. The Hall–Kier alpha value is -2.36. The fraction of sp³-hybridized carbons (Fsp3) is 0. The van der Waals surface area contributed by atoms with E-state index in [1.807, 2.05) is 12.2 Å². The molecule has 0 saturated heterocycles. The van der Waals surface area contributed by atoms with Gasteiger partial charge in [0.15, 0.2) is 0 Å². The summed E-state index contributed by atoms with van der Waals surface area (Å²) in [4.78, 5) is 17.4. The third-order valence-electron chi connectivity index (χ3n) is 2.83. The molecule has 1 aromatic heterocycles. The van der Waals surface area contributed by atoms with Gasteiger partial charge in [-0.25, -0.2) is 0 Å². The molecule has 0 aliphatic carbocycles. The summed E-state index contributed by atoms with van der Waals surface area (Å²) in [5.41, 5.74) is 3.73. The fourth-order valence-electron chi connectivity index (χ4n) is 2.16. The number of hydrogen-bond donors (Lipinski definition) is 0. The SMILES string of the molecule is C1=Cc2c3c(c4nccnc4c2=N1)=CC=N3. The summed E-state index contributed by atoms with van der Waals surface area (Å²) in [5, 5.41) is 1.93. The Morgan fingerprint density at radius 1 is 1.00 bits per heavy atom. The number of nitrogens with zero attached hydrogens (tertiary/aromatic N) is 4. The lowest BCUT2D eigenvalue weighted by Crippen LogP contribution is -2.16. The first-order valence-electron chi connectivity index (χ1n) is 5.00. The molecule has 2 aromatic rings. The van der Waals surface area contributed by atoms with Crippen LogP contribution < -0.4 is 10.6 Å². The highest BCUT2D eigenvalue weighted by Crippen LogP contribution is 2.20. The maximum absolute atomic E-state index is 4.37. The Labute approximate surface area is 90.4 Å². The Kier molecular flexibility index (Phi) is 1.28. The highest BCUT2D eigenvalue weighted by atomic mass is 14.8. The molecule has 1 aromatic carbocycles. The van der Waals surface area contributed by atoms with Crippen LogP contribution in [0.5, 0.6) is 0 Å². The minimum absolute atomic E-state index is 0.850. The van der Waals surface area contributed by atoms with Crippen LogP contribution in [0.4, 0.5) is 5.69 Å². The van der Waals surface area contributed by atoms with Gasteiger partial charge in [0, 0.05) is 35.6 Å². The van der Waals surface area contributed by atoms with Gasteiger partial charge in [-0.2, -0.15) is 0 Å². The van der Waals surface area contributed by atoms with E-state index in [0.717, 1.165) is 32.9 Å². The molecule has 4 nitrogen and oxygen atoms in total. The van der Waals surface area contributed by atoms with Gasteiger partial charge in [0.25, 0.3) is 0 Å². The largest absolute Gasteiger partial charge is 0.255 e. The Morgan fingerprint density at radius 3 is 2.81 bits per heavy atom. The average molecular weight is 206 g/mol. The third-order valence-corrected chi connectivity index (χ3v) is 2.83. The van der Waals surface area contributed by atoms with Gasteiger partial charge >= 0.3 is 0 Å². The molecule has 2 aliphatic heterocycles. The first kappa shape index (κ1) is 7.87. The molecule has 0 amide bonds. The van der Waals surface area contributed by atoms with E-state index in [1.54, 1.807) is 24.8 Å². The van der Waals surface area contributed by atoms with E-state index >= 15 is 0 Å². The lowest BCUT2D eigenvalue weighted by molar-refractivity contribution is 1.25. The second-order valence-corrected chi connectivity index (χ2v) is 3.67. The van der Waals surface area contributed by atoms with Crippen molar-refractivity contribution in [2.24, 2.45) is 9.98 Å². The van der Waals surface area contributed by atoms with Crippen LogP contribution in [-0.2, 0) is 0 Å². The Morgan fingerprint density at radius 2 is 1.88 bits per heavy atom. The number of benzene rings is 1. The van der Waals surface area contributed by atoms with Crippen molar-refractivity contribution in [3.63, 3.8) is 0 Å². The summed E-state index contributed by atoms with van der Waals surface area (Å²) in [6.45, 7) is 0. The molecule has 0 radical (unpaired) electrons. The number of fused-ring (bicyclic) bond motifs is 6. The highest BCUT2D eigenvalue weighted by molar-refractivity contribution is 6.02. The molecule has 4 heteroatoms. The maximum atomic E-state index is 4.37. The number of hydrogen-bond acceptors (Lipinski definition) is 4. The fourth-order valence-corrected chi connectivity index (χ4v) is 2.16. The summed E-state index contributed by atoms with van der Waals surface area (Å²) in [6, 6.07) is 0. The lowest BCUT2D eigenvalue weighted by Gasteiger charge is -2.01. The number of aliphatic imine (C=N–C) groups is 1. The van der Waals surface area contributed by atoms with Crippen molar-refractivity contribution >= 4 is 35.1 Å². The first-order valence-corrected chi connectivity index (χ1v) is 5.00. The highest BCUT2D eigenvalue weighted by Gasteiger charge is 2.15. The van der Waals surface area contributed by atoms with Crippen molar-refractivity contribution in [3.8, 4) is 0 Å². The van der Waals surface area contributed by atoms with Gasteiger partial charge in [-0.3, -0.25) is 20.0 Å². The molecule has 74 valence electrons. The minimum Gasteiger partial charge on any atom is -0.255 e. The van der Waals surface area contributed by atoms with Crippen LogP contribution in [0.2, 0.25) is 0 Å². The van der Waals surface area contributed by atoms with E-state index in [-0.39, 0.29) is 0 Å². The molecule has 0 unspecified atom stereocenters. The molecule has 0 saturated carbocycles. The first-order chi connectivity index (χ1) is 7.95. The number of aromatic nitrogens is 2. The van der Waals surface area contributed by atoms with Gasteiger partial charge in [-0.05, 0) is 12.2 Å². The van der Waals surface area contributed by atoms with Crippen molar-refractivity contribution in [1.29, 1.82) is 0 Å². The zero-order chi connectivity index (χ0) is 10.5. The van der Waals surface area contributed by atoms with Crippen LogP contribution in [0.15, 0.2) is 28.6 Å². The van der Waals surface area contributed by atoms with E-state index in [9.17, 15) is 0 Å². The predicted molar refractivity (Wildman–Crippen MR) is 62.0 cm³/mol. The monoisotopic (exact) mass is 206 g/mol. The van der Waals surface area contributed by atoms with Gasteiger partial charge in [-0.15, -0.1) is 0 Å². The molecular formula is C12H6N4. The summed E-state index contributed by atoms with van der Waals surface area (Å²) in [7, 11) is 0. The molecule has 2 aliphatic rings. The van der Waals surface area contributed by atoms with E-state index in [2.05, 4.69) is 20.0 Å². The van der Waals surface area contributed by atoms with Crippen molar-refractivity contribution in [3.05, 3.63) is 34.7 Å². The molecule has 0 bridgehead atoms. The van der Waals surface area contributed by atoms with Crippen LogP contribution in [0, 0.1) is 0 Å². The van der Waals surface area contributed by atoms with E-state index in [0.29, 0.717) is 0 Å². The van der Waals surface area contributed by atoms with Crippen LogP contribution in [0.25, 0.3) is 23.2 Å². The average Bonchev–Trinajstić information content (AvgIpc) is 2.98. The smallest absolute Gasteiger partial charge is 0.116 e. The van der Waals surface area contributed by atoms with Crippen molar-refractivity contribution in [2.45, 2.75) is 0 Å². The van der Waals surface area contributed by atoms with Gasteiger partial charge in [0.2, 0.25) is 0 Å². The van der Waals surface area contributed by atoms with Crippen molar-refractivity contribution in [2.75, 3.05) is 0 Å². The molecule has 0 spiro atoms. The second kappa shape index (κ2) is 2.61.